The van der Waals surface area contributed by atoms with Gasteiger partial charge in [-0.05, 0) is 38.3 Å². The normalized spacial score (nSPS) is 14.2. The van der Waals surface area contributed by atoms with Crippen LogP contribution in [0.1, 0.15) is 38.2 Å². The molecule has 0 heterocycles. The zero-order valence-corrected chi connectivity index (χ0v) is 19.2. The van der Waals surface area contributed by atoms with E-state index in [2.05, 4.69) is 16.0 Å². The number of amides is 4. The van der Waals surface area contributed by atoms with Crippen molar-refractivity contribution in [3.8, 4) is 0 Å². The number of aliphatic carboxylic acids is 1. The fourth-order valence-corrected chi connectivity index (χ4v) is 3.06. The first kappa shape index (κ1) is 28.5. The lowest BCUT2D eigenvalue weighted by molar-refractivity contribution is -0.141. The molecule has 0 saturated carbocycles. The summed E-state index contributed by atoms with van der Waals surface area (Å²) in [6, 6.07) is 4.28. The van der Waals surface area contributed by atoms with Crippen LogP contribution in [0.3, 0.4) is 0 Å². The van der Waals surface area contributed by atoms with E-state index in [1.54, 1.807) is 30.3 Å². The summed E-state index contributed by atoms with van der Waals surface area (Å²) in [6.07, 6.45) is 1.01. The predicted molar refractivity (Wildman–Crippen MR) is 124 cm³/mol. The molecule has 10 N–H and O–H groups in total. The summed E-state index contributed by atoms with van der Waals surface area (Å²) in [5.41, 5.74) is 17.0. The molecule has 4 amide bonds. The molecule has 0 aliphatic heterocycles. The minimum Gasteiger partial charge on any atom is -0.480 e. The maximum Gasteiger partial charge on any atom is 0.325 e. The molecule has 0 bridgehead atoms. The molecule has 34 heavy (non-hydrogen) atoms. The molecule has 1 aromatic carbocycles. The lowest BCUT2D eigenvalue weighted by atomic mass is 10.0. The summed E-state index contributed by atoms with van der Waals surface area (Å²) >= 11 is 0. The van der Waals surface area contributed by atoms with Gasteiger partial charge in [0.2, 0.25) is 23.6 Å². The zero-order chi connectivity index (χ0) is 25.7. The quantitative estimate of drug-likeness (QED) is 0.141. The standard InChI is InChI=1S/C22H34N6O6/c1-13(22(33)34)26-21(32)17(11-14-7-3-2-4-8-14)28-20(31)16(9-5-6-10-23)27-19(30)15(24)12-18(25)29/h2-4,7-8,13,15-17H,5-6,9-12,23-24H2,1H3,(H2,25,29)(H,26,32)(H,27,30)(H,28,31)(H,33,34). The molecule has 12 nitrogen and oxygen atoms in total. The Hall–Kier alpha value is -3.51. The minimum atomic E-state index is -1.23. The molecule has 0 aliphatic carbocycles. The summed E-state index contributed by atoms with van der Waals surface area (Å²) in [4.78, 5) is 60.4. The molecular formula is C22H34N6O6. The van der Waals surface area contributed by atoms with Crippen molar-refractivity contribution in [3.05, 3.63) is 35.9 Å². The lowest BCUT2D eigenvalue weighted by Gasteiger charge is -2.25. The van der Waals surface area contributed by atoms with E-state index >= 15 is 0 Å². The number of nitrogens with two attached hydrogens (primary N) is 3. The van der Waals surface area contributed by atoms with Gasteiger partial charge < -0.3 is 38.3 Å². The highest BCUT2D eigenvalue weighted by molar-refractivity contribution is 5.95. The smallest absolute Gasteiger partial charge is 0.325 e. The molecule has 4 unspecified atom stereocenters. The number of rotatable bonds is 15. The molecule has 0 aliphatic rings. The van der Waals surface area contributed by atoms with Crippen LogP contribution in [0.15, 0.2) is 30.3 Å². The summed E-state index contributed by atoms with van der Waals surface area (Å²) in [7, 11) is 0. The van der Waals surface area contributed by atoms with Gasteiger partial charge in [-0.3, -0.25) is 24.0 Å². The van der Waals surface area contributed by atoms with Crippen LogP contribution in [0.2, 0.25) is 0 Å². The van der Waals surface area contributed by atoms with Crippen molar-refractivity contribution in [3.63, 3.8) is 0 Å². The van der Waals surface area contributed by atoms with Gasteiger partial charge in [-0.2, -0.15) is 0 Å². The van der Waals surface area contributed by atoms with E-state index in [0.717, 1.165) is 5.56 Å². The summed E-state index contributed by atoms with van der Waals surface area (Å²) in [5, 5.41) is 16.5. The van der Waals surface area contributed by atoms with Crippen molar-refractivity contribution in [2.24, 2.45) is 17.2 Å². The number of unbranched alkanes of at least 4 members (excludes halogenated alkanes) is 1. The largest absolute Gasteiger partial charge is 0.480 e. The number of carbonyl (C=O) groups is 5. The van der Waals surface area contributed by atoms with E-state index in [9.17, 15) is 24.0 Å². The van der Waals surface area contributed by atoms with Gasteiger partial charge in [0.15, 0.2) is 0 Å². The third kappa shape index (κ3) is 10.4. The van der Waals surface area contributed by atoms with Crippen LogP contribution in [0.25, 0.3) is 0 Å². The highest BCUT2D eigenvalue weighted by Gasteiger charge is 2.29. The highest BCUT2D eigenvalue weighted by Crippen LogP contribution is 2.07. The monoisotopic (exact) mass is 478 g/mol. The Morgan fingerprint density at radius 3 is 2.06 bits per heavy atom. The Kier molecular flexibility index (Phi) is 12.2. The van der Waals surface area contributed by atoms with Crippen LogP contribution in [0.5, 0.6) is 0 Å². The summed E-state index contributed by atoms with van der Waals surface area (Å²) in [6.45, 7) is 1.69. The van der Waals surface area contributed by atoms with Crippen LogP contribution in [0, 0.1) is 0 Å². The second kappa shape index (κ2) is 14.6. The molecule has 12 heteroatoms. The van der Waals surface area contributed by atoms with Crippen LogP contribution in [-0.4, -0.2) is 65.4 Å². The zero-order valence-electron chi connectivity index (χ0n) is 19.2. The van der Waals surface area contributed by atoms with Crippen molar-refractivity contribution >= 4 is 29.6 Å². The van der Waals surface area contributed by atoms with Crippen molar-refractivity contribution in [1.82, 2.24) is 16.0 Å². The molecule has 0 radical (unpaired) electrons. The fourth-order valence-electron chi connectivity index (χ4n) is 3.06. The Morgan fingerprint density at radius 1 is 0.912 bits per heavy atom. The first-order valence-corrected chi connectivity index (χ1v) is 11.0. The van der Waals surface area contributed by atoms with Gasteiger partial charge >= 0.3 is 5.97 Å². The average Bonchev–Trinajstić information content (AvgIpc) is 2.77. The number of hydrogen-bond acceptors (Lipinski definition) is 7. The second-order valence-electron chi connectivity index (χ2n) is 7.94. The maximum atomic E-state index is 13.1. The van der Waals surface area contributed by atoms with Gasteiger partial charge in [-0.25, -0.2) is 0 Å². The number of primary amides is 1. The van der Waals surface area contributed by atoms with E-state index in [-0.39, 0.29) is 12.8 Å². The number of carboxylic acid groups (broad SMARTS) is 1. The molecular weight excluding hydrogens is 444 g/mol. The SMILES string of the molecule is CC(NC(=O)C(Cc1ccccc1)NC(=O)C(CCCCN)NC(=O)C(N)CC(N)=O)C(=O)O. The maximum absolute atomic E-state index is 13.1. The van der Waals surface area contributed by atoms with E-state index < -0.39 is 60.2 Å². The van der Waals surface area contributed by atoms with Gasteiger partial charge in [0, 0.05) is 6.42 Å². The van der Waals surface area contributed by atoms with Gasteiger partial charge in [-0.15, -0.1) is 0 Å². The average molecular weight is 479 g/mol. The van der Waals surface area contributed by atoms with Crippen LogP contribution < -0.4 is 33.2 Å². The van der Waals surface area contributed by atoms with Crippen LogP contribution in [-0.2, 0) is 30.4 Å². The molecule has 1 rings (SSSR count). The van der Waals surface area contributed by atoms with Gasteiger partial charge in [0.1, 0.15) is 18.1 Å². The number of nitrogens with one attached hydrogen (secondary N) is 3. The predicted octanol–water partition coefficient (Wildman–Crippen LogP) is -1.88. The molecule has 188 valence electrons. The number of benzene rings is 1. The summed E-state index contributed by atoms with van der Waals surface area (Å²) < 4.78 is 0. The number of carboxylic acids is 1. The Bertz CT molecular complexity index is 850. The lowest BCUT2D eigenvalue weighted by Crippen LogP contribution is -2.57. The summed E-state index contributed by atoms with van der Waals surface area (Å²) in [5.74, 6) is -4.08. The fraction of sp³-hybridized carbons (Fsp3) is 0.500. The number of carbonyl (C=O) groups excluding carboxylic acids is 4. The Balaban J connectivity index is 3.03. The third-order valence-electron chi connectivity index (χ3n) is 4.98. The third-order valence-corrected chi connectivity index (χ3v) is 4.98. The molecule has 0 saturated heterocycles. The minimum absolute atomic E-state index is 0.0927. The van der Waals surface area contributed by atoms with E-state index in [0.29, 0.717) is 19.4 Å². The molecule has 1 aromatic rings. The van der Waals surface area contributed by atoms with Crippen molar-refractivity contribution in [1.29, 1.82) is 0 Å². The van der Waals surface area contributed by atoms with E-state index in [1.807, 2.05) is 0 Å². The van der Waals surface area contributed by atoms with Crippen molar-refractivity contribution in [2.75, 3.05) is 6.54 Å². The second-order valence-corrected chi connectivity index (χ2v) is 7.94. The molecule has 0 spiro atoms. The highest BCUT2D eigenvalue weighted by atomic mass is 16.4. The topological polar surface area (TPSA) is 220 Å². The van der Waals surface area contributed by atoms with Crippen molar-refractivity contribution < 1.29 is 29.1 Å². The first-order chi connectivity index (χ1) is 16.0. The first-order valence-electron chi connectivity index (χ1n) is 11.0. The van der Waals surface area contributed by atoms with Crippen LogP contribution in [0.4, 0.5) is 0 Å². The Morgan fingerprint density at radius 2 is 1.50 bits per heavy atom. The number of hydrogen-bond donors (Lipinski definition) is 7. The van der Waals surface area contributed by atoms with Gasteiger partial charge in [0.05, 0.1) is 12.5 Å². The van der Waals surface area contributed by atoms with E-state index in [1.165, 1.54) is 6.92 Å². The molecule has 0 aromatic heterocycles. The van der Waals surface area contributed by atoms with Crippen LogP contribution >= 0.6 is 0 Å². The molecule has 0 fully saturated rings. The van der Waals surface area contributed by atoms with Gasteiger partial charge in [0.25, 0.3) is 0 Å². The molecule has 4 atom stereocenters. The van der Waals surface area contributed by atoms with E-state index in [4.69, 9.17) is 22.3 Å². The van der Waals surface area contributed by atoms with Gasteiger partial charge in [-0.1, -0.05) is 30.3 Å². The Labute approximate surface area is 198 Å². The van der Waals surface area contributed by atoms with Crippen molar-refractivity contribution in [2.45, 2.75) is 63.2 Å².